The Hall–Kier alpha value is -2.63. The first-order chi connectivity index (χ1) is 16.3. The molecule has 1 atom stereocenters. The van der Waals surface area contributed by atoms with Crippen LogP contribution in [0.25, 0.3) is 10.7 Å². The molecule has 2 fully saturated rings. The average Bonchev–Trinajstić information content (AvgIpc) is 3.41. The summed E-state index contributed by atoms with van der Waals surface area (Å²) in [6, 6.07) is 7.51. The van der Waals surface area contributed by atoms with E-state index in [-0.39, 0.29) is 23.0 Å². The van der Waals surface area contributed by atoms with Crippen molar-refractivity contribution >= 4 is 33.0 Å². The summed E-state index contributed by atoms with van der Waals surface area (Å²) in [5.74, 6) is -0.175. The number of anilines is 1. The van der Waals surface area contributed by atoms with Crippen molar-refractivity contribution in [2.45, 2.75) is 49.8 Å². The van der Waals surface area contributed by atoms with Gasteiger partial charge in [0.05, 0.1) is 21.4 Å². The van der Waals surface area contributed by atoms with Gasteiger partial charge in [0.25, 0.3) is 0 Å². The minimum atomic E-state index is -3.83. The van der Waals surface area contributed by atoms with Gasteiger partial charge in [0.2, 0.25) is 27.6 Å². The minimum absolute atomic E-state index is 0.0429. The minimum Gasteiger partial charge on any atom is -0.339 e. The van der Waals surface area contributed by atoms with Crippen LogP contribution in [0, 0.1) is 18.7 Å². The Labute approximate surface area is 201 Å². The Morgan fingerprint density at radius 1 is 1.24 bits per heavy atom. The van der Waals surface area contributed by atoms with Crippen molar-refractivity contribution in [3.8, 4) is 10.7 Å². The number of hydrogen-bond donors (Lipinski definition) is 1. The summed E-state index contributed by atoms with van der Waals surface area (Å²) < 4.78 is 47.6. The van der Waals surface area contributed by atoms with Crippen molar-refractivity contribution in [1.29, 1.82) is 0 Å². The van der Waals surface area contributed by atoms with E-state index in [1.54, 1.807) is 25.1 Å². The summed E-state index contributed by atoms with van der Waals surface area (Å²) in [6.07, 6.45) is 4.29. The highest BCUT2D eigenvalue weighted by atomic mass is 32.2. The normalized spacial score (nSPS) is 19.6. The van der Waals surface area contributed by atoms with Gasteiger partial charge in [-0.3, -0.25) is 4.79 Å². The Bertz CT molecular complexity index is 1320. The zero-order valence-corrected chi connectivity index (χ0v) is 20.3. The first-order valence-electron chi connectivity index (χ1n) is 11.3. The molecule has 34 heavy (non-hydrogen) atoms. The predicted molar refractivity (Wildman–Crippen MR) is 125 cm³/mol. The number of carbonyl (C=O) groups is 1. The molecule has 8 nitrogen and oxygen atoms in total. The van der Waals surface area contributed by atoms with Gasteiger partial charge in [-0.15, -0.1) is 11.3 Å². The van der Waals surface area contributed by atoms with Crippen LogP contribution in [0.2, 0.25) is 0 Å². The fourth-order valence-electron chi connectivity index (χ4n) is 4.30. The van der Waals surface area contributed by atoms with Crippen LogP contribution in [0.5, 0.6) is 0 Å². The van der Waals surface area contributed by atoms with Gasteiger partial charge in [0, 0.05) is 23.9 Å². The van der Waals surface area contributed by atoms with Crippen LogP contribution in [0.4, 0.5) is 10.1 Å². The van der Waals surface area contributed by atoms with Gasteiger partial charge in [-0.2, -0.15) is 9.29 Å². The molecule has 3 aromatic rings. The number of sulfonamides is 1. The summed E-state index contributed by atoms with van der Waals surface area (Å²) >= 11 is 1.31. The third-order valence-electron chi connectivity index (χ3n) is 6.49. The molecule has 1 aliphatic heterocycles. The Morgan fingerprint density at radius 2 is 2.03 bits per heavy atom. The third kappa shape index (κ3) is 4.39. The molecule has 1 aliphatic carbocycles. The molecular weight excluding hydrogens is 479 g/mol. The highest BCUT2D eigenvalue weighted by Gasteiger charge is 2.35. The molecule has 0 spiro atoms. The van der Waals surface area contributed by atoms with E-state index in [2.05, 4.69) is 15.5 Å². The van der Waals surface area contributed by atoms with Crippen molar-refractivity contribution in [2.75, 3.05) is 18.4 Å². The SMILES string of the molecule is Cc1sc(-c2noc(C3CCC3)n2)cc1S(=O)(=O)N1CCC[C@@H](C(=O)Nc2ccccc2F)C1. The molecule has 180 valence electrons. The van der Waals surface area contributed by atoms with Crippen LogP contribution in [0.3, 0.4) is 0 Å². The lowest BCUT2D eigenvalue weighted by atomic mass is 9.85. The van der Waals surface area contributed by atoms with Crippen molar-refractivity contribution in [3.63, 3.8) is 0 Å². The van der Waals surface area contributed by atoms with Gasteiger partial charge in [-0.25, -0.2) is 12.8 Å². The smallest absolute Gasteiger partial charge is 0.244 e. The van der Waals surface area contributed by atoms with Crippen LogP contribution in [-0.4, -0.2) is 41.9 Å². The van der Waals surface area contributed by atoms with Crippen molar-refractivity contribution in [3.05, 3.63) is 46.9 Å². The van der Waals surface area contributed by atoms with Crippen molar-refractivity contribution in [1.82, 2.24) is 14.4 Å². The van der Waals surface area contributed by atoms with Gasteiger partial charge in [-0.05, 0) is 50.8 Å². The molecule has 1 saturated carbocycles. The predicted octanol–water partition coefficient (Wildman–Crippen LogP) is 4.55. The van der Waals surface area contributed by atoms with Gasteiger partial charge in [-0.1, -0.05) is 23.7 Å². The molecule has 0 unspecified atom stereocenters. The van der Waals surface area contributed by atoms with E-state index in [9.17, 15) is 17.6 Å². The molecule has 3 heterocycles. The zero-order chi connectivity index (χ0) is 23.9. The number of aryl methyl sites for hydroxylation is 1. The lowest BCUT2D eigenvalue weighted by Gasteiger charge is -2.31. The number of para-hydroxylation sites is 1. The van der Waals surface area contributed by atoms with E-state index in [4.69, 9.17) is 4.52 Å². The lowest BCUT2D eigenvalue weighted by molar-refractivity contribution is -0.120. The first kappa shape index (κ1) is 23.1. The number of carbonyl (C=O) groups excluding carboxylic acids is 1. The number of benzene rings is 1. The quantitative estimate of drug-likeness (QED) is 0.528. The Kier molecular flexibility index (Phi) is 6.26. The van der Waals surface area contributed by atoms with Crippen LogP contribution in [-0.2, 0) is 14.8 Å². The van der Waals surface area contributed by atoms with Crippen LogP contribution in [0.1, 0.15) is 48.8 Å². The van der Waals surface area contributed by atoms with E-state index >= 15 is 0 Å². The van der Waals surface area contributed by atoms with E-state index in [0.717, 1.165) is 19.3 Å². The molecule has 1 aromatic carbocycles. The van der Waals surface area contributed by atoms with Crippen molar-refractivity contribution in [2.24, 2.45) is 5.92 Å². The van der Waals surface area contributed by atoms with Gasteiger partial charge >= 0.3 is 0 Å². The second kappa shape index (κ2) is 9.20. The molecule has 0 bridgehead atoms. The Morgan fingerprint density at radius 3 is 2.76 bits per heavy atom. The summed E-state index contributed by atoms with van der Waals surface area (Å²) in [5.41, 5.74) is 0.0900. The fraction of sp³-hybridized carbons (Fsp3) is 0.435. The second-order valence-electron chi connectivity index (χ2n) is 8.79. The second-order valence-corrected chi connectivity index (χ2v) is 11.9. The zero-order valence-electron chi connectivity index (χ0n) is 18.7. The summed E-state index contributed by atoms with van der Waals surface area (Å²) in [6.45, 7) is 2.12. The number of piperidine rings is 1. The highest BCUT2D eigenvalue weighted by molar-refractivity contribution is 7.89. The van der Waals surface area contributed by atoms with Gasteiger partial charge < -0.3 is 9.84 Å². The number of amides is 1. The molecule has 5 rings (SSSR count). The number of rotatable bonds is 6. The number of halogens is 1. The van der Waals surface area contributed by atoms with Gasteiger partial charge in [0.1, 0.15) is 5.82 Å². The molecule has 2 aromatic heterocycles. The van der Waals surface area contributed by atoms with Gasteiger partial charge in [0.15, 0.2) is 0 Å². The average molecular weight is 505 g/mol. The number of hydrogen-bond acceptors (Lipinski definition) is 7. The first-order valence-corrected chi connectivity index (χ1v) is 13.6. The van der Waals surface area contributed by atoms with Crippen LogP contribution >= 0.6 is 11.3 Å². The molecular formula is C23H25FN4O4S2. The third-order valence-corrected chi connectivity index (χ3v) is 9.66. The maximum absolute atomic E-state index is 13.9. The van der Waals surface area contributed by atoms with E-state index < -0.39 is 21.8 Å². The van der Waals surface area contributed by atoms with Crippen LogP contribution < -0.4 is 5.32 Å². The topological polar surface area (TPSA) is 105 Å². The molecule has 1 amide bonds. The molecule has 2 aliphatic rings. The van der Waals surface area contributed by atoms with E-state index in [1.807, 2.05) is 0 Å². The number of nitrogens with one attached hydrogen (secondary N) is 1. The van der Waals surface area contributed by atoms with E-state index in [0.29, 0.717) is 46.8 Å². The lowest BCUT2D eigenvalue weighted by Crippen LogP contribution is -2.43. The monoisotopic (exact) mass is 504 g/mol. The number of aromatic nitrogens is 2. The van der Waals surface area contributed by atoms with Crippen LogP contribution in [0.15, 0.2) is 39.8 Å². The largest absolute Gasteiger partial charge is 0.339 e. The summed E-state index contributed by atoms with van der Waals surface area (Å²) in [4.78, 5) is 18.7. The maximum Gasteiger partial charge on any atom is 0.244 e. The number of thiophene rings is 1. The maximum atomic E-state index is 13.9. The molecule has 11 heteroatoms. The molecule has 1 N–H and O–H groups in total. The molecule has 1 saturated heterocycles. The van der Waals surface area contributed by atoms with E-state index in [1.165, 1.54) is 27.8 Å². The highest BCUT2D eigenvalue weighted by Crippen LogP contribution is 2.38. The standard InChI is InChI=1S/C23H25FN4O4S2/c1-14-20(12-19(33-14)21-26-23(32-27-21)15-6-4-7-15)34(30,31)28-11-5-8-16(13-28)22(29)25-18-10-3-2-9-17(18)24/h2-3,9-10,12,15-16H,4-8,11,13H2,1H3,(H,25,29)/t16-/m1/s1. The molecule has 0 radical (unpaired) electrons. The summed E-state index contributed by atoms with van der Waals surface area (Å²) in [5, 5.41) is 6.64. The number of nitrogens with zero attached hydrogens (tertiary/aromatic N) is 3. The van der Waals surface area contributed by atoms with Crippen molar-refractivity contribution < 1.29 is 22.1 Å². The Balaban J connectivity index is 1.32. The fourth-order valence-corrected chi connectivity index (χ4v) is 7.31. The summed E-state index contributed by atoms with van der Waals surface area (Å²) in [7, 11) is -3.83.